The maximum atomic E-state index is 12.3. The molecule has 0 unspecified atom stereocenters. The highest BCUT2D eigenvalue weighted by Crippen LogP contribution is 2.32. The summed E-state index contributed by atoms with van der Waals surface area (Å²) >= 11 is 0. The van der Waals surface area contributed by atoms with Crippen molar-refractivity contribution in [3.05, 3.63) is 23.5 Å². The van der Waals surface area contributed by atoms with Crippen LogP contribution in [0, 0.1) is 0 Å². The van der Waals surface area contributed by atoms with Crippen LogP contribution in [0.2, 0.25) is 0 Å². The summed E-state index contributed by atoms with van der Waals surface area (Å²) in [5, 5.41) is 17.0. The summed E-state index contributed by atoms with van der Waals surface area (Å²) in [7, 11) is 0. The first kappa shape index (κ1) is 11.6. The van der Waals surface area contributed by atoms with Gasteiger partial charge in [0.25, 0.3) is 0 Å². The van der Waals surface area contributed by atoms with Crippen molar-refractivity contribution >= 4 is 5.97 Å². The molecule has 15 heavy (non-hydrogen) atoms. The molecule has 1 heterocycles. The molecular formula is C8H8F3NO3. The lowest BCUT2D eigenvalue weighted by molar-refractivity contribution is -0.138. The van der Waals surface area contributed by atoms with E-state index in [1.807, 2.05) is 0 Å². The molecule has 0 aliphatic carbocycles. The van der Waals surface area contributed by atoms with Crippen molar-refractivity contribution in [2.75, 3.05) is 6.61 Å². The van der Waals surface area contributed by atoms with Crippen LogP contribution in [0.3, 0.4) is 0 Å². The van der Waals surface area contributed by atoms with Crippen molar-refractivity contribution in [1.82, 2.24) is 4.57 Å². The SMILES string of the molecule is O=C(O)c1cn(CCO)cc1C(F)(F)F. The highest BCUT2D eigenvalue weighted by atomic mass is 19.4. The average molecular weight is 223 g/mol. The van der Waals surface area contributed by atoms with Gasteiger partial charge in [-0.3, -0.25) is 0 Å². The number of nitrogens with zero attached hydrogens (tertiary/aromatic N) is 1. The summed E-state index contributed by atoms with van der Waals surface area (Å²) in [6.45, 7) is -0.429. The van der Waals surface area contributed by atoms with E-state index in [0.717, 1.165) is 10.8 Å². The monoisotopic (exact) mass is 223 g/mol. The van der Waals surface area contributed by atoms with Gasteiger partial charge in [-0.2, -0.15) is 13.2 Å². The molecule has 0 bridgehead atoms. The summed E-state index contributed by atoms with van der Waals surface area (Å²) < 4.78 is 38.0. The molecule has 0 saturated heterocycles. The molecule has 2 N–H and O–H groups in total. The number of hydrogen-bond acceptors (Lipinski definition) is 2. The minimum absolute atomic E-state index is 0.0731. The zero-order valence-corrected chi connectivity index (χ0v) is 7.45. The van der Waals surface area contributed by atoms with E-state index in [4.69, 9.17) is 10.2 Å². The van der Waals surface area contributed by atoms with Crippen molar-refractivity contribution in [3.63, 3.8) is 0 Å². The van der Waals surface area contributed by atoms with Crippen LogP contribution in [0.5, 0.6) is 0 Å². The lowest BCUT2D eigenvalue weighted by Crippen LogP contribution is -2.09. The Kier molecular flexibility index (Phi) is 3.04. The van der Waals surface area contributed by atoms with E-state index in [0.29, 0.717) is 6.20 Å². The highest BCUT2D eigenvalue weighted by Gasteiger charge is 2.36. The molecule has 0 spiro atoms. The molecule has 4 nitrogen and oxygen atoms in total. The first-order chi connectivity index (χ1) is 6.86. The molecule has 0 aliphatic rings. The number of aromatic nitrogens is 1. The fourth-order valence-corrected chi connectivity index (χ4v) is 1.15. The number of carboxylic acids is 1. The Hall–Kier alpha value is -1.50. The molecule has 0 amide bonds. The Balaban J connectivity index is 3.18. The molecule has 84 valence electrons. The summed E-state index contributed by atoms with van der Waals surface area (Å²) in [5.41, 5.74) is -2.01. The molecule has 0 aliphatic heterocycles. The highest BCUT2D eigenvalue weighted by molar-refractivity contribution is 5.89. The van der Waals surface area contributed by atoms with Gasteiger partial charge >= 0.3 is 12.1 Å². The predicted octanol–water partition coefficient (Wildman–Crippen LogP) is 1.20. The minimum atomic E-state index is -4.70. The molecule has 0 fully saturated rings. The Bertz CT molecular complexity index is 370. The molecule has 7 heteroatoms. The third-order valence-electron chi connectivity index (χ3n) is 1.77. The second kappa shape index (κ2) is 3.93. The van der Waals surface area contributed by atoms with Crippen LogP contribution < -0.4 is 0 Å². The standard InChI is InChI=1S/C8H8F3NO3/c9-8(10,11)6-4-12(1-2-13)3-5(6)7(14)15/h3-4,13H,1-2H2,(H,14,15). The Labute approximate surface area is 82.6 Å². The van der Waals surface area contributed by atoms with E-state index >= 15 is 0 Å². The van der Waals surface area contributed by atoms with Crippen molar-refractivity contribution in [3.8, 4) is 0 Å². The zero-order valence-electron chi connectivity index (χ0n) is 7.45. The lowest BCUT2D eigenvalue weighted by Gasteiger charge is -2.04. The second-order valence-electron chi connectivity index (χ2n) is 2.85. The topological polar surface area (TPSA) is 62.5 Å². The van der Waals surface area contributed by atoms with Gasteiger partial charge in [-0.15, -0.1) is 0 Å². The van der Waals surface area contributed by atoms with Gasteiger partial charge in [0.1, 0.15) is 0 Å². The largest absolute Gasteiger partial charge is 0.478 e. The molecule has 0 aromatic carbocycles. The number of aromatic carboxylic acids is 1. The van der Waals surface area contributed by atoms with Crippen LogP contribution in [0.4, 0.5) is 13.2 Å². The average Bonchev–Trinajstić information content (AvgIpc) is 2.48. The summed E-state index contributed by atoms with van der Waals surface area (Å²) in [4.78, 5) is 10.5. The van der Waals surface area contributed by atoms with E-state index in [-0.39, 0.29) is 13.2 Å². The van der Waals surface area contributed by atoms with Gasteiger partial charge in [0.15, 0.2) is 0 Å². The number of hydrogen-bond donors (Lipinski definition) is 2. The van der Waals surface area contributed by atoms with Crippen molar-refractivity contribution in [1.29, 1.82) is 0 Å². The molecule has 1 aromatic heterocycles. The maximum Gasteiger partial charge on any atom is 0.418 e. The van der Waals surface area contributed by atoms with Gasteiger partial charge in [-0.1, -0.05) is 0 Å². The van der Waals surface area contributed by atoms with E-state index in [1.54, 1.807) is 0 Å². The van der Waals surface area contributed by atoms with Crippen LogP contribution in [-0.4, -0.2) is 27.4 Å². The summed E-state index contributed by atoms with van der Waals surface area (Å²) in [6, 6.07) is 0. The van der Waals surface area contributed by atoms with Crippen LogP contribution in [0.15, 0.2) is 12.4 Å². The molecule has 0 radical (unpaired) electrons. The van der Waals surface area contributed by atoms with Crippen molar-refractivity contribution in [2.45, 2.75) is 12.7 Å². The second-order valence-corrected chi connectivity index (χ2v) is 2.85. The molecule has 1 aromatic rings. The third kappa shape index (κ3) is 2.50. The van der Waals surface area contributed by atoms with Gasteiger partial charge in [0.2, 0.25) is 0 Å². The smallest absolute Gasteiger partial charge is 0.418 e. The van der Waals surface area contributed by atoms with Crippen LogP contribution in [0.25, 0.3) is 0 Å². The summed E-state index contributed by atoms with van der Waals surface area (Å²) in [5.74, 6) is -1.64. The van der Waals surface area contributed by atoms with E-state index in [2.05, 4.69) is 0 Å². The minimum Gasteiger partial charge on any atom is -0.478 e. The number of alkyl halides is 3. The first-order valence-electron chi connectivity index (χ1n) is 3.97. The van der Waals surface area contributed by atoms with Crippen LogP contribution >= 0.6 is 0 Å². The van der Waals surface area contributed by atoms with Gasteiger partial charge < -0.3 is 14.8 Å². The normalized spacial score (nSPS) is 11.7. The Morgan fingerprint density at radius 1 is 1.40 bits per heavy atom. The van der Waals surface area contributed by atoms with E-state index in [9.17, 15) is 18.0 Å². The number of carboxylic acid groups (broad SMARTS) is 1. The lowest BCUT2D eigenvalue weighted by atomic mass is 10.2. The fourth-order valence-electron chi connectivity index (χ4n) is 1.15. The summed E-state index contributed by atoms with van der Waals surface area (Å²) in [6.07, 6.45) is -3.19. The van der Waals surface area contributed by atoms with Gasteiger partial charge in [0.05, 0.1) is 17.7 Å². The Morgan fingerprint density at radius 3 is 2.33 bits per heavy atom. The number of carbonyl (C=O) groups is 1. The number of rotatable bonds is 3. The Morgan fingerprint density at radius 2 is 2.00 bits per heavy atom. The zero-order chi connectivity index (χ0) is 11.6. The molecule has 0 atom stereocenters. The number of halogens is 3. The maximum absolute atomic E-state index is 12.3. The van der Waals surface area contributed by atoms with Crippen LogP contribution in [-0.2, 0) is 12.7 Å². The van der Waals surface area contributed by atoms with Crippen LogP contribution in [0.1, 0.15) is 15.9 Å². The molecular weight excluding hydrogens is 215 g/mol. The third-order valence-corrected chi connectivity index (χ3v) is 1.77. The predicted molar refractivity (Wildman–Crippen MR) is 43.5 cm³/mol. The first-order valence-corrected chi connectivity index (χ1v) is 3.97. The van der Waals surface area contributed by atoms with Gasteiger partial charge in [-0.05, 0) is 0 Å². The number of aliphatic hydroxyl groups is 1. The van der Waals surface area contributed by atoms with E-state index < -0.39 is 23.3 Å². The molecule has 0 saturated carbocycles. The number of aliphatic hydroxyl groups excluding tert-OH is 1. The van der Waals surface area contributed by atoms with Gasteiger partial charge in [0, 0.05) is 18.9 Å². The van der Waals surface area contributed by atoms with Crippen molar-refractivity contribution in [2.24, 2.45) is 0 Å². The fraction of sp³-hybridized carbons (Fsp3) is 0.375. The van der Waals surface area contributed by atoms with Crippen molar-refractivity contribution < 1.29 is 28.2 Å². The van der Waals surface area contributed by atoms with E-state index in [1.165, 1.54) is 0 Å². The molecule has 1 rings (SSSR count). The quantitative estimate of drug-likeness (QED) is 0.809. The van der Waals surface area contributed by atoms with Gasteiger partial charge in [-0.25, -0.2) is 4.79 Å².